The van der Waals surface area contributed by atoms with Gasteiger partial charge in [0.25, 0.3) is 5.91 Å². The topological polar surface area (TPSA) is 33.2 Å². The van der Waals surface area contributed by atoms with Crippen molar-refractivity contribution in [2.24, 2.45) is 0 Å². The summed E-state index contributed by atoms with van der Waals surface area (Å²) in [7, 11) is 0. The van der Waals surface area contributed by atoms with Crippen LogP contribution in [-0.4, -0.2) is 20.5 Å². The summed E-state index contributed by atoms with van der Waals surface area (Å²) in [5, 5.41) is 0. The van der Waals surface area contributed by atoms with Crippen LogP contribution < -0.4 is 0 Å². The fourth-order valence-electron chi connectivity index (χ4n) is 1.01. The van der Waals surface area contributed by atoms with Crippen molar-refractivity contribution in [3.05, 3.63) is 30.1 Å². The molecule has 1 aromatic rings. The molecule has 76 valence electrons. The van der Waals surface area contributed by atoms with Crippen molar-refractivity contribution in [3.8, 4) is 0 Å². The van der Waals surface area contributed by atoms with Crippen molar-refractivity contribution in [1.82, 2.24) is 8.10 Å². The Morgan fingerprint density at radius 3 is 2.93 bits per heavy atom. The number of pyridine rings is 1. The molecule has 0 aliphatic heterocycles. The molecule has 0 aromatic carbocycles. The first-order chi connectivity index (χ1) is 6.75. The second-order valence-electron chi connectivity index (χ2n) is 2.96. The largest absolute Gasteiger partial charge is 0.281 e. The minimum atomic E-state index is -0.0142. The molecule has 0 saturated heterocycles. The summed E-state index contributed by atoms with van der Waals surface area (Å²) in [6.45, 7) is 2.89. The molecule has 0 fully saturated rings. The summed E-state index contributed by atoms with van der Waals surface area (Å²) in [6, 6.07) is 5.37. The van der Waals surface area contributed by atoms with E-state index < -0.39 is 0 Å². The molecule has 1 heterocycles. The minimum Gasteiger partial charge on any atom is -0.280 e. The smallest absolute Gasteiger partial charge is 0.280 e. The number of carbonyl (C=O) groups is 1. The monoisotopic (exact) mass is 304 g/mol. The van der Waals surface area contributed by atoms with Crippen molar-refractivity contribution in [3.63, 3.8) is 0 Å². The van der Waals surface area contributed by atoms with Crippen LogP contribution in [0.4, 0.5) is 0 Å². The van der Waals surface area contributed by atoms with Crippen LogP contribution in [0, 0.1) is 0 Å². The Hall–Kier alpha value is -0.650. The van der Waals surface area contributed by atoms with Gasteiger partial charge in [-0.1, -0.05) is 19.4 Å². The Bertz CT molecular complexity index is 289. The fraction of sp³-hybridized carbons (Fsp3) is 0.400. The maximum atomic E-state index is 11.7. The molecule has 0 spiro atoms. The van der Waals surface area contributed by atoms with Gasteiger partial charge in [0.15, 0.2) is 0 Å². The molecular formula is C10H13IN2O. The van der Waals surface area contributed by atoms with Gasteiger partial charge in [-0.3, -0.25) is 12.9 Å². The summed E-state index contributed by atoms with van der Waals surface area (Å²) in [5.74, 6) is -0.0142. The average molecular weight is 304 g/mol. The quantitative estimate of drug-likeness (QED) is 0.633. The maximum absolute atomic E-state index is 11.7. The first kappa shape index (κ1) is 11.4. The number of rotatable bonds is 4. The lowest BCUT2D eigenvalue weighted by Crippen LogP contribution is -2.22. The van der Waals surface area contributed by atoms with Gasteiger partial charge in [-0.05, 0) is 18.6 Å². The summed E-state index contributed by atoms with van der Waals surface area (Å²) in [6.07, 6.45) is 3.76. The van der Waals surface area contributed by atoms with Crippen LogP contribution in [0.3, 0.4) is 0 Å². The van der Waals surface area contributed by atoms with Gasteiger partial charge in [0.05, 0.1) is 22.9 Å². The Labute approximate surface area is 98.0 Å². The predicted molar refractivity (Wildman–Crippen MR) is 64.2 cm³/mol. The maximum Gasteiger partial charge on any atom is 0.281 e. The average Bonchev–Trinajstić information content (AvgIpc) is 2.26. The van der Waals surface area contributed by atoms with E-state index in [1.165, 1.54) is 0 Å². The molecule has 0 aliphatic rings. The third-order valence-corrected chi connectivity index (χ3v) is 2.73. The van der Waals surface area contributed by atoms with E-state index in [4.69, 9.17) is 0 Å². The third kappa shape index (κ3) is 3.25. The molecule has 3 nitrogen and oxygen atoms in total. The number of unbranched alkanes of at least 4 members (excludes halogenated alkanes) is 1. The van der Waals surface area contributed by atoms with Crippen molar-refractivity contribution < 1.29 is 4.79 Å². The zero-order chi connectivity index (χ0) is 10.4. The lowest BCUT2D eigenvalue weighted by atomic mass is 10.3. The highest BCUT2D eigenvalue weighted by Gasteiger charge is 2.12. The lowest BCUT2D eigenvalue weighted by molar-refractivity contribution is 0.0882. The highest BCUT2D eigenvalue weighted by atomic mass is 127. The standard InChI is InChI=1S/C10H13IN2O/c1-2-3-8-13(11)10(14)9-6-4-5-7-12-9/h4-7H,2-3,8H2,1H3. The number of hydrogen-bond donors (Lipinski definition) is 0. The Morgan fingerprint density at radius 2 is 2.36 bits per heavy atom. The molecule has 0 bridgehead atoms. The minimum absolute atomic E-state index is 0.0142. The van der Waals surface area contributed by atoms with Crippen LogP contribution in [0.1, 0.15) is 30.3 Å². The van der Waals surface area contributed by atoms with Crippen LogP contribution in [0.2, 0.25) is 0 Å². The van der Waals surface area contributed by atoms with Crippen molar-refractivity contribution in [2.45, 2.75) is 19.8 Å². The molecular weight excluding hydrogens is 291 g/mol. The molecule has 0 unspecified atom stereocenters. The van der Waals surface area contributed by atoms with E-state index in [0.717, 1.165) is 19.4 Å². The van der Waals surface area contributed by atoms with Crippen LogP contribution in [0.25, 0.3) is 0 Å². The second-order valence-corrected chi connectivity index (χ2v) is 4.12. The predicted octanol–water partition coefficient (Wildman–Crippen LogP) is 2.67. The summed E-state index contributed by atoms with van der Waals surface area (Å²) < 4.78 is 1.68. The van der Waals surface area contributed by atoms with Crippen LogP contribution in [0.5, 0.6) is 0 Å². The van der Waals surface area contributed by atoms with E-state index in [0.29, 0.717) is 5.69 Å². The molecule has 0 saturated carbocycles. The normalized spacial score (nSPS) is 9.86. The van der Waals surface area contributed by atoms with Gasteiger partial charge < -0.3 is 0 Å². The molecule has 0 atom stereocenters. The number of halogens is 1. The molecule has 0 aliphatic carbocycles. The van der Waals surface area contributed by atoms with Gasteiger partial charge in [0.1, 0.15) is 5.69 Å². The highest BCUT2D eigenvalue weighted by molar-refractivity contribution is 14.1. The van der Waals surface area contributed by atoms with E-state index in [2.05, 4.69) is 11.9 Å². The van der Waals surface area contributed by atoms with E-state index >= 15 is 0 Å². The molecule has 14 heavy (non-hydrogen) atoms. The molecule has 1 aromatic heterocycles. The molecule has 4 heteroatoms. The third-order valence-electron chi connectivity index (χ3n) is 1.81. The van der Waals surface area contributed by atoms with E-state index in [9.17, 15) is 4.79 Å². The molecule has 0 radical (unpaired) electrons. The van der Waals surface area contributed by atoms with Crippen molar-refractivity contribution in [1.29, 1.82) is 0 Å². The zero-order valence-electron chi connectivity index (χ0n) is 8.11. The van der Waals surface area contributed by atoms with E-state index in [1.54, 1.807) is 21.4 Å². The van der Waals surface area contributed by atoms with Crippen molar-refractivity contribution in [2.75, 3.05) is 6.54 Å². The Kier molecular flexibility index (Phi) is 4.86. The molecule has 0 N–H and O–H groups in total. The highest BCUT2D eigenvalue weighted by Crippen LogP contribution is 2.08. The summed E-state index contributed by atoms with van der Waals surface area (Å²) in [4.78, 5) is 15.7. The fourth-order valence-corrected chi connectivity index (χ4v) is 1.60. The number of aromatic nitrogens is 1. The summed E-state index contributed by atoms with van der Waals surface area (Å²) in [5.41, 5.74) is 0.512. The van der Waals surface area contributed by atoms with E-state index in [-0.39, 0.29) is 5.91 Å². The number of carbonyl (C=O) groups excluding carboxylic acids is 1. The Balaban J connectivity index is 2.57. The number of hydrogen-bond acceptors (Lipinski definition) is 2. The molecule has 1 amide bonds. The lowest BCUT2D eigenvalue weighted by Gasteiger charge is -2.12. The van der Waals surface area contributed by atoms with Gasteiger partial charge in [-0.25, -0.2) is 0 Å². The van der Waals surface area contributed by atoms with Crippen molar-refractivity contribution >= 4 is 28.8 Å². The van der Waals surface area contributed by atoms with Gasteiger partial charge >= 0.3 is 0 Å². The van der Waals surface area contributed by atoms with Gasteiger partial charge in [-0.2, -0.15) is 0 Å². The number of amides is 1. The second kappa shape index (κ2) is 5.95. The first-order valence-electron chi connectivity index (χ1n) is 4.64. The first-order valence-corrected chi connectivity index (χ1v) is 5.61. The van der Waals surface area contributed by atoms with E-state index in [1.807, 2.05) is 28.9 Å². The SMILES string of the molecule is CCCCN(I)C(=O)c1ccccn1. The van der Waals surface area contributed by atoms with Crippen LogP contribution in [0.15, 0.2) is 24.4 Å². The van der Waals surface area contributed by atoms with Gasteiger partial charge in [0, 0.05) is 12.7 Å². The van der Waals surface area contributed by atoms with Gasteiger partial charge in [0.2, 0.25) is 0 Å². The summed E-state index contributed by atoms with van der Waals surface area (Å²) >= 11 is 2.04. The van der Waals surface area contributed by atoms with Gasteiger partial charge in [-0.15, -0.1) is 0 Å². The van der Waals surface area contributed by atoms with Crippen LogP contribution >= 0.6 is 22.9 Å². The molecule has 1 rings (SSSR count). The Morgan fingerprint density at radius 1 is 1.57 bits per heavy atom. The van der Waals surface area contributed by atoms with Crippen LogP contribution in [-0.2, 0) is 0 Å². The zero-order valence-corrected chi connectivity index (χ0v) is 10.3. The number of nitrogens with zero attached hydrogens (tertiary/aromatic N) is 2.